The number of aliphatic hydroxyl groups is 2. The number of hydrogen-bond acceptors (Lipinski definition) is 2. The summed E-state index contributed by atoms with van der Waals surface area (Å²) in [6.45, 7) is 4.55. The molecule has 1 atom stereocenters. The second kappa shape index (κ2) is 4.73. The Bertz CT molecular complexity index is 66.1. The summed E-state index contributed by atoms with van der Waals surface area (Å²) in [7, 11) is 0. The van der Waals surface area contributed by atoms with Crippen molar-refractivity contribution in [3.63, 3.8) is 0 Å². The van der Waals surface area contributed by atoms with Crippen LogP contribution in [-0.4, -0.2) is 35.5 Å². The average Bonchev–Trinajstić information content (AvgIpc) is 1.83. The largest absolute Gasteiger partial charge is 0.393 e. The molecule has 0 fully saturated rings. The molecule has 9 heavy (non-hydrogen) atoms. The maximum atomic E-state index is 8.83. The Morgan fingerprint density at radius 2 is 2.00 bits per heavy atom. The standard InChI is InChI=1S/C6H15NO2/c1-5(2)7-3-6(9)4-8/h5-9H,3-4H2,1-2H3/p+1/t6-/m1/s1. The lowest BCUT2D eigenvalue weighted by Gasteiger charge is -2.07. The molecule has 0 aromatic carbocycles. The Hall–Kier alpha value is -0.120. The first kappa shape index (κ1) is 8.88. The average molecular weight is 134 g/mol. The minimum atomic E-state index is -0.563. The first-order valence-corrected chi connectivity index (χ1v) is 3.29. The van der Waals surface area contributed by atoms with Gasteiger partial charge >= 0.3 is 0 Å². The molecular formula is C6H16NO2+. The van der Waals surface area contributed by atoms with Crippen molar-refractivity contribution >= 4 is 0 Å². The summed E-state index contributed by atoms with van der Waals surface area (Å²) in [5.74, 6) is 0. The van der Waals surface area contributed by atoms with Crippen molar-refractivity contribution in [2.45, 2.75) is 26.0 Å². The van der Waals surface area contributed by atoms with Crippen LogP contribution in [0.15, 0.2) is 0 Å². The van der Waals surface area contributed by atoms with Crippen LogP contribution in [0.4, 0.5) is 0 Å². The van der Waals surface area contributed by atoms with E-state index in [0.29, 0.717) is 12.6 Å². The molecule has 3 heteroatoms. The zero-order valence-corrected chi connectivity index (χ0v) is 6.04. The minimum Gasteiger partial charge on any atom is -0.393 e. The number of rotatable bonds is 4. The topological polar surface area (TPSA) is 57.1 Å². The van der Waals surface area contributed by atoms with Crippen molar-refractivity contribution in [2.75, 3.05) is 13.2 Å². The molecule has 0 aromatic rings. The third kappa shape index (κ3) is 5.76. The van der Waals surface area contributed by atoms with Crippen molar-refractivity contribution in [1.82, 2.24) is 0 Å². The normalized spacial score (nSPS) is 14.3. The van der Waals surface area contributed by atoms with Crippen LogP contribution >= 0.6 is 0 Å². The van der Waals surface area contributed by atoms with Gasteiger partial charge in [0.25, 0.3) is 0 Å². The molecule has 0 aromatic heterocycles. The fraction of sp³-hybridized carbons (Fsp3) is 1.00. The van der Waals surface area contributed by atoms with Crippen LogP contribution in [0.3, 0.4) is 0 Å². The van der Waals surface area contributed by atoms with E-state index in [9.17, 15) is 0 Å². The minimum absolute atomic E-state index is 0.136. The summed E-state index contributed by atoms with van der Waals surface area (Å²) in [6.07, 6.45) is -0.563. The summed E-state index contributed by atoms with van der Waals surface area (Å²) >= 11 is 0. The van der Waals surface area contributed by atoms with Crippen molar-refractivity contribution in [1.29, 1.82) is 0 Å². The monoisotopic (exact) mass is 134 g/mol. The molecule has 0 heterocycles. The lowest BCUT2D eigenvalue weighted by Crippen LogP contribution is -2.90. The lowest BCUT2D eigenvalue weighted by molar-refractivity contribution is -0.688. The lowest BCUT2D eigenvalue weighted by atomic mass is 10.3. The van der Waals surface area contributed by atoms with E-state index in [1.54, 1.807) is 0 Å². The van der Waals surface area contributed by atoms with Crippen LogP contribution in [0.2, 0.25) is 0 Å². The Labute approximate surface area is 55.7 Å². The summed E-state index contributed by atoms with van der Waals surface area (Å²) in [5.41, 5.74) is 0. The van der Waals surface area contributed by atoms with E-state index in [1.165, 1.54) is 0 Å². The molecule has 0 aliphatic heterocycles. The van der Waals surface area contributed by atoms with Crippen molar-refractivity contribution in [3.8, 4) is 0 Å². The van der Waals surface area contributed by atoms with Gasteiger partial charge < -0.3 is 15.5 Å². The highest BCUT2D eigenvalue weighted by atomic mass is 16.3. The fourth-order valence-corrected chi connectivity index (χ4v) is 0.504. The first-order chi connectivity index (χ1) is 4.16. The molecule has 0 spiro atoms. The molecule has 0 amide bonds. The SMILES string of the molecule is CC(C)[NH2+]C[C@@H](O)CO. The van der Waals surface area contributed by atoms with Crippen LogP contribution < -0.4 is 5.32 Å². The van der Waals surface area contributed by atoms with E-state index in [0.717, 1.165) is 0 Å². The summed E-state index contributed by atoms with van der Waals surface area (Å²) in [4.78, 5) is 0. The highest BCUT2D eigenvalue weighted by molar-refractivity contribution is 4.45. The van der Waals surface area contributed by atoms with E-state index in [1.807, 2.05) is 19.2 Å². The second-order valence-electron chi connectivity index (χ2n) is 2.55. The van der Waals surface area contributed by atoms with Gasteiger partial charge in [0.2, 0.25) is 0 Å². The Morgan fingerprint density at radius 1 is 1.44 bits per heavy atom. The molecule has 0 saturated heterocycles. The zero-order chi connectivity index (χ0) is 7.28. The van der Waals surface area contributed by atoms with Crippen LogP contribution in [-0.2, 0) is 0 Å². The van der Waals surface area contributed by atoms with Gasteiger partial charge in [0.1, 0.15) is 12.6 Å². The van der Waals surface area contributed by atoms with E-state index in [2.05, 4.69) is 0 Å². The number of quaternary nitrogens is 1. The van der Waals surface area contributed by atoms with Crippen LogP contribution in [0, 0.1) is 0 Å². The zero-order valence-electron chi connectivity index (χ0n) is 6.04. The summed E-state index contributed by atoms with van der Waals surface area (Å²) < 4.78 is 0. The summed E-state index contributed by atoms with van der Waals surface area (Å²) in [5, 5.41) is 19.2. The Kier molecular flexibility index (Phi) is 4.67. The maximum absolute atomic E-state index is 8.83. The van der Waals surface area contributed by atoms with Gasteiger partial charge in [-0.3, -0.25) is 0 Å². The molecule has 0 bridgehead atoms. The maximum Gasteiger partial charge on any atom is 0.126 e. The van der Waals surface area contributed by atoms with E-state index in [4.69, 9.17) is 10.2 Å². The van der Waals surface area contributed by atoms with Gasteiger partial charge in [-0.25, -0.2) is 0 Å². The van der Waals surface area contributed by atoms with Crippen LogP contribution in [0.5, 0.6) is 0 Å². The van der Waals surface area contributed by atoms with Crippen molar-refractivity contribution in [2.24, 2.45) is 0 Å². The molecule has 0 aliphatic carbocycles. The predicted molar refractivity (Wildman–Crippen MR) is 35.0 cm³/mol. The molecule has 56 valence electrons. The van der Waals surface area contributed by atoms with Gasteiger partial charge in [0.15, 0.2) is 0 Å². The number of hydrogen-bond donors (Lipinski definition) is 3. The van der Waals surface area contributed by atoms with Gasteiger partial charge in [-0.1, -0.05) is 0 Å². The highest BCUT2D eigenvalue weighted by Gasteiger charge is 2.04. The Morgan fingerprint density at radius 3 is 2.33 bits per heavy atom. The smallest absolute Gasteiger partial charge is 0.126 e. The fourth-order valence-electron chi connectivity index (χ4n) is 0.504. The predicted octanol–water partition coefficient (Wildman–Crippen LogP) is -1.69. The molecule has 4 N–H and O–H groups in total. The summed E-state index contributed by atoms with van der Waals surface area (Å²) in [6, 6.07) is 0.492. The van der Waals surface area contributed by atoms with Crippen molar-refractivity contribution in [3.05, 3.63) is 0 Å². The Balaban J connectivity index is 3.06. The molecule has 0 radical (unpaired) electrons. The molecule has 3 nitrogen and oxygen atoms in total. The van der Waals surface area contributed by atoms with Gasteiger partial charge in [-0.15, -0.1) is 0 Å². The molecule has 0 saturated carbocycles. The molecular weight excluding hydrogens is 118 g/mol. The quantitative estimate of drug-likeness (QED) is 0.430. The third-order valence-electron chi connectivity index (χ3n) is 1.09. The van der Waals surface area contributed by atoms with E-state index >= 15 is 0 Å². The second-order valence-corrected chi connectivity index (χ2v) is 2.55. The first-order valence-electron chi connectivity index (χ1n) is 3.29. The highest BCUT2D eigenvalue weighted by Crippen LogP contribution is 1.71. The van der Waals surface area contributed by atoms with Gasteiger partial charge in [0, 0.05) is 0 Å². The third-order valence-corrected chi connectivity index (χ3v) is 1.09. The van der Waals surface area contributed by atoms with Gasteiger partial charge in [-0.05, 0) is 13.8 Å². The molecule has 0 aliphatic rings. The van der Waals surface area contributed by atoms with Crippen molar-refractivity contribution < 1.29 is 15.5 Å². The van der Waals surface area contributed by atoms with Crippen LogP contribution in [0.1, 0.15) is 13.8 Å². The van der Waals surface area contributed by atoms with Gasteiger partial charge in [0.05, 0.1) is 12.6 Å². The molecule has 0 rings (SSSR count). The van der Waals surface area contributed by atoms with E-state index in [-0.39, 0.29) is 6.61 Å². The number of nitrogens with two attached hydrogens (primary N) is 1. The van der Waals surface area contributed by atoms with Crippen LogP contribution in [0.25, 0.3) is 0 Å². The van der Waals surface area contributed by atoms with E-state index < -0.39 is 6.10 Å². The molecule has 0 unspecified atom stereocenters. The van der Waals surface area contributed by atoms with Gasteiger partial charge in [-0.2, -0.15) is 0 Å². The number of aliphatic hydroxyl groups excluding tert-OH is 2.